The Hall–Kier alpha value is -3.73. The molecule has 0 spiro atoms. The van der Waals surface area contributed by atoms with E-state index in [4.69, 9.17) is 4.42 Å². The van der Waals surface area contributed by atoms with Crippen molar-refractivity contribution >= 4 is 22.3 Å². The number of hydrogen-bond acceptors (Lipinski definition) is 5. The SMILES string of the molecule is O=c1cc(-c2ccccc2)oc2c(N=Nc3ccccc3)ccc(O)c12. The molecule has 0 bridgehead atoms. The summed E-state index contributed by atoms with van der Waals surface area (Å²) in [6.07, 6.45) is 0. The fourth-order valence-corrected chi connectivity index (χ4v) is 2.66. The number of nitrogens with zero attached hydrogens (tertiary/aromatic N) is 2. The first-order valence-corrected chi connectivity index (χ1v) is 8.04. The number of phenolic OH excluding ortho intramolecular Hbond substituents is 1. The van der Waals surface area contributed by atoms with Gasteiger partial charge in [-0.1, -0.05) is 48.5 Å². The Morgan fingerprint density at radius 1 is 0.808 bits per heavy atom. The molecule has 1 aromatic heterocycles. The van der Waals surface area contributed by atoms with Gasteiger partial charge in [0.05, 0.1) is 5.69 Å². The van der Waals surface area contributed by atoms with Gasteiger partial charge in [0.2, 0.25) is 0 Å². The van der Waals surface area contributed by atoms with Crippen LogP contribution >= 0.6 is 0 Å². The lowest BCUT2D eigenvalue weighted by atomic mass is 10.1. The quantitative estimate of drug-likeness (QED) is 0.494. The molecule has 0 aliphatic carbocycles. The molecule has 0 saturated carbocycles. The van der Waals surface area contributed by atoms with Gasteiger partial charge in [-0.15, -0.1) is 5.11 Å². The van der Waals surface area contributed by atoms with E-state index >= 15 is 0 Å². The summed E-state index contributed by atoms with van der Waals surface area (Å²) in [4.78, 5) is 12.5. The molecule has 5 heteroatoms. The molecule has 0 radical (unpaired) electrons. The van der Waals surface area contributed by atoms with Crippen LogP contribution in [0, 0.1) is 0 Å². The average molecular weight is 342 g/mol. The van der Waals surface area contributed by atoms with Gasteiger partial charge in [0.15, 0.2) is 11.0 Å². The molecule has 0 unspecified atom stereocenters. The van der Waals surface area contributed by atoms with E-state index in [2.05, 4.69) is 10.2 Å². The summed E-state index contributed by atoms with van der Waals surface area (Å²) in [5.74, 6) is 0.261. The summed E-state index contributed by atoms with van der Waals surface area (Å²) in [6, 6.07) is 22.9. The third kappa shape index (κ3) is 2.98. The molecule has 26 heavy (non-hydrogen) atoms. The number of fused-ring (bicyclic) bond motifs is 1. The lowest BCUT2D eigenvalue weighted by molar-refractivity contribution is 0.480. The van der Waals surface area contributed by atoms with Gasteiger partial charge in [0.25, 0.3) is 0 Å². The van der Waals surface area contributed by atoms with Crippen molar-refractivity contribution in [2.24, 2.45) is 10.2 Å². The van der Waals surface area contributed by atoms with Crippen LogP contribution in [0.2, 0.25) is 0 Å². The molecule has 126 valence electrons. The van der Waals surface area contributed by atoms with E-state index in [1.54, 1.807) is 6.07 Å². The van der Waals surface area contributed by atoms with Gasteiger partial charge in [0, 0.05) is 11.6 Å². The molecule has 1 heterocycles. The largest absolute Gasteiger partial charge is 0.507 e. The van der Waals surface area contributed by atoms with Crippen LogP contribution in [0.4, 0.5) is 11.4 Å². The number of benzene rings is 3. The maximum atomic E-state index is 12.5. The molecule has 0 aliphatic heterocycles. The minimum Gasteiger partial charge on any atom is -0.507 e. The number of phenols is 1. The second kappa shape index (κ2) is 6.64. The fraction of sp³-hybridized carbons (Fsp3) is 0. The highest BCUT2D eigenvalue weighted by molar-refractivity contribution is 5.92. The van der Waals surface area contributed by atoms with E-state index in [1.165, 1.54) is 12.1 Å². The van der Waals surface area contributed by atoms with E-state index in [0.717, 1.165) is 5.56 Å². The van der Waals surface area contributed by atoms with Crippen molar-refractivity contribution in [1.29, 1.82) is 0 Å². The topological polar surface area (TPSA) is 75.2 Å². The van der Waals surface area contributed by atoms with Crippen molar-refractivity contribution in [1.82, 2.24) is 0 Å². The summed E-state index contributed by atoms with van der Waals surface area (Å²) in [7, 11) is 0. The van der Waals surface area contributed by atoms with Crippen LogP contribution in [0.25, 0.3) is 22.3 Å². The molecular formula is C21H14N2O3. The summed E-state index contributed by atoms with van der Waals surface area (Å²) >= 11 is 0. The van der Waals surface area contributed by atoms with E-state index in [0.29, 0.717) is 17.1 Å². The average Bonchev–Trinajstić information content (AvgIpc) is 2.68. The molecular weight excluding hydrogens is 328 g/mol. The van der Waals surface area contributed by atoms with Gasteiger partial charge in [-0.05, 0) is 24.3 Å². The first kappa shape index (κ1) is 15.8. The van der Waals surface area contributed by atoms with E-state index in [-0.39, 0.29) is 22.1 Å². The van der Waals surface area contributed by atoms with Crippen LogP contribution in [-0.2, 0) is 0 Å². The third-order valence-corrected chi connectivity index (χ3v) is 3.92. The Kier molecular flexibility index (Phi) is 4.03. The summed E-state index contributed by atoms with van der Waals surface area (Å²) in [5.41, 5.74) is 1.68. The lowest BCUT2D eigenvalue weighted by Gasteiger charge is -2.06. The highest BCUT2D eigenvalue weighted by Crippen LogP contribution is 2.34. The number of hydrogen-bond donors (Lipinski definition) is 1. The molecule has 5 nitrogen and oxygen atoms in total. The van der Waals surface area contributed by atoms with Crippen LogP contribution in [0.1, 0.15) is 0 Å². The van der Waals surface area contributed by atoms with Gasteiger partial charge in [-0.25, -0.2) is 0 Å². The molecule has 4 rings (SSSR count). The second-order valence-electron chi connectivity index (χ2n) is 5.68. The molecule has 4 aromatic rings. The fourth-order valence-electron chi connectivity index (χ4n) is 2.66. The molecule has 0 saturated heterocycles. The zero-order valence-corrected chi connectivity index (χ0v) is 13.7. The zero-order valence-electron chi connectivity index (χ0n) is 13.7. The smallest absolute Gasteiger partial charge is 0.197 e. The van der Waals surface area contributed by atoms with Gasteiger partial charge in [0.1, 0.15) is 22.6 Å². The second-order valence-corrected chi connectivity index (χ2v) is 5.68. The highest BCUT2D eigenvalue weighted by Gasteiger charge is 2.14. The zero-order chi connectivity index (χ0) is 17.9. The molecule has 3 aromatic carbocycles. The number of azo groups is 1. The predicted molar refractivity (Wildman–Crippen MR) is 100 cm³/mol. The number of rotatable bonds is 3. The van der Waals surface area contributed by atoms with Gasteiger partial charge >= 0.3 is 0 Å². The van der Waals surface area contributed by atoms with Crippen molar-refractivity contribution < 1.29 is 9.52 Å². The van der Waals surface area contributed by atoms with Crippen LogP contribution in [0.5, 0.6) is 5.75 Å². The van der Waals surface area contributed by atoms with Crippen LogP contribution in [0.3, 0.4) is 0 Å². The Morgan fingerprint density at radius 3 is 2.23 bits per heavy atom. The Labute approximate surface area is 148 Å². The first-order valence-electron chi connectivity index (χ1n) is 8.04. The van der Waals surface area contributed by atoms with Gasteiger partial charge in [-0.2, -0.15) is 5.11 Å². The predicted octanol–water partition coefficient (Wildman–Crippen LogP) is 5.58. The lowest BCUT2D eigenvalue weighted by Crippen LogP contribution is -2.00. The Bertz CT molecular complexity index is 1150. The molecule has 0 amide bonds. The van der Waals surface area contributed by atoms with Crippen molar-refractivity contribution in [3.05, 3.63) is 89.1 Å². The van der Waals surface area contributed by atoms with Crippen molar-refractivity contribution in [3.8, 4) is 17.1 Å². The maximum absolute atomic E-state index is 12.5. The summed E-state index contributed by atoms with van der Waals surface area (Å²) < 4.78 is 5.92. The normalized spacial score (nSPS) is 11.2. The first-order chi connectivity index (χ1) is 12.7. The highest BCUT2D eigenvalue weighted by atomic mass is 16.3. The Morgan fingerprint density at radius 2 is 1.50 bits per heavy atom. The van der Waals surface area contributed by atoms with Crippen molar-refractivity contribution in [2.45, 2.75) is 0 Å². The number of aromatic hydroxyl groups is 1. The molecule has 0 aliphatic rings. The van der Waals surface area contributed by atoms with E-state index in [9.17, 15) is 9.90 Å². The van der Waals surface area contributed by atoms with Gasteiger partial charge in [-0.3, -0.25) is 4.79 Å². The molecule has 0 atom stereocenters. The maximum Gasteiger partial charge on any atom is 0.197 e. The minimum absolute atomic E-state index is 0.0918. The van der Waals surface area contributed by atoms with Gasteiger partial charge < -0.3 is 9.52 Å². The van der Waals surface area contributed by atoms with Crippen molar-refractivity contribution in [2.75, 3.05) is 0 Å². The van der Waals surface area contributed by atoms with E-state index < -0.39 is 0 Å². The Balaban J connectivity index is 1.91. The van der Waals surface area contributed by atoms with E-state index in [1.807, 2.05) is 60.7 Å². The monoisotopic (exact) mass is 342 g/mol. The third-order valence-electron chi connectivity index (χ3n) is 3.92. The summed E-state index contributed by atoms with van der Waals surface area (Å²) in [5, 5.41) is 18.6. The van der Waals surface area contributed by atoms with Crippen LogP contribution in [0.15, 0.2) is 98.3 Å². The van der Waals surface area contributed by atoms with Crippen LogP contribution < -0.4 is 5.43 Å². The van der Waals surface area contributed by atoms with Crippen molar-refractivity contribution in [3.63, 3.8) is 0 Å². The van der Waals surface area contributed by atoms with Crippen LogP contribution in [-0.4, -0.2) is 5.11 Å². The summed E-state index contributed by atoms with van der Waals surface area (Å²) in [6.45, 7) is 0. The molecule has 0 fully saturated rings. The minimum atomic E-state index is -0.334. The molecule has 1 N–H and O–H groups in total. The standard InChI is InChI=1S/C21H14N2O3/c24-17-12-11-16(23-22-15-9-5-2-6-10-15)21-20(17)18(25)13-19(26-21)14-7-3-1-4-8-14/h1-13,24H.